The summed E-state index contributed by atoms with van der Waals surface area (Å²) in [6.45, 7) is 3.30. The molecule has 0 saturated heterocycles. The smallest absolute Gasteiger partial charge is 0.369 e. The van der Waals surface area contributed by atoms with Crippen molar-refractivity contribution in [3.05, 3.63) is 88.9 Å². The van der Waals surface area contributed by atoms with E-state index in [0.717, 1.165) is 6.07 Å². The van der Waals surface area contributed by atoms with Crippen LogP contribution in [0.4, 0.5) is 30.7 Å². The van der Waals surface area contributed by atoms with E-state index >= 15 is 0 Å². The van der Waals surface area contributed by atoms with Crippen LogP contribution in [0.2, 0.25) is 0 Å². The van der Waals surface area contributed by atoms with Crippen LogP contribution in [0, 0.1) is 12.7 Å². The maximum absolute atomic E-state index is 13.6. The Balaban J connectivity index is 2.13. The fraction of sp³-hybridized carbons (Fsp3) is 0.280. The van der Waals surface area contributed by atoms with Crippen molar-refractivity contribution in [1.82, 2.24) is 4.98 Å². The third-order valence-corrected chi connectivity index (χ3v) is 5.63. The van der Waals surface area contributed by atoms with Gasteiger partial charge in [-0.1, -0.05) is 25.1 Å². The third-order valence-electron chi connectivity index (χ3n) is 5.63. The highest BCUT2D eigenvalue weighted by Gasteiger charge is 2.71. The molecule has 1 aromatic heterocycles. The summed E-state index contributed by atoms with van der Waals surface area (Å²) in [5.74, 6) is -1.78. The Hall–Kier alpha value is -3.27. The predicted molar refractivity (Wildman–Crippen MR) is 114 cm³/mol. The van der Waals surface area contributed by atoms with Gasteiger partial charge in [-0.25, -0.2) is 4.39 Å². The molecule has 3 nitrogen and oxygen atoms in total. The zero-order chi connectivity index (χ0) is 26.2. The van der Waals surface area contributed by atoms with Gasteiger partial charge in [-0.05, 0) is 60.4 Å². The number of carbonyl (C=O) groups is 1. The van der Waals surface area contributed by atoms with Gasteiger partial charge in [0.05, 0.1) is 5.69 Å². The van der Waals surface area contributed by atoms with Gasteiger partial charge in [-0.2, -0.15) is 26.3 Å². The Morgan fingerprint density at radius 3 is 2.06 bits per heavy atom. The molecule has 1 N–H and O–H groups in total. The molecule has 0 bridgehead atoms. The Morgan fingerprint density at radius 1 is 0.943 bits per heavy atom. The zero-order valence-corrected chi connectivity index (χ0v) is 18.5. The largest absolute Gasteiger partial charge is 0.430 e. The number of carbonyl (C=O) groups excluding carboxylic acids is 1. The molecule has 0 radical (unpaired) electrons. The van der Waals surface area contributed by atoms with E-state index in [4.69, 9.17) is 0 Å². The number of rotatable bonds is 6. The van der Waals surface area contributed by atoms with E-state index in [2.05, 4.69) is 4.98 Å². The summed E-state index contributed by atoms with van der Waals surface area (Å²) >= 11 is 0. The molecule has 0 fully saturated rings. The molecule has 3 aromatic rings. The second-order valence-corrected chi connectivity index (χ2v) is 8.31. The normalized spacial score (nSPS) is 13.5. The van der Waals surface area contributed by atoms with Gasteiger partial charge in [0.15, 0.2) is 5.78 Å². The van der Waals surface area contributed by atoms with Crippen LogP contribution in [-0.2, 0) is 5.60 Å². The van der Waals surface area contributed by atoms with Crippen LogP contribution in [-0.4, -0.2) is 28.2 Å². The summed E-state index contributed by atoms with van der Waals surface area (Å²) in [5, 5.41) is 9.95. The standard InChI is InChI=1S/C25H20F7NO2/c1-14-3-8-21(33-13-14)17-10-18(22(34)9-15(2)16-4-6-20(26)7-5-16)12-19(11-17)23(35,24(27,28)29)25(30,31)32/h3-8,10-13,15,35H,9H2,1-2H3/t15-/m0/s1. The van der Waals surface area contributed by atoms with Crippen molar-refractivity contribution in [1.29, 1.82) is 0 Å². The molecule has 35 heavy (non-hydrogen) atoms. The first-order chi connectivity index (χ1) is 16.1. The quantitative estimate of drug-likeness (QED) is 0.297. The van der Waals surface area contributed by atoms with Crippen LogP contribution in [0.5, 0.6) is 0 Å². The lowest BCUT2D eigenvalue weighted by molar-refractivity contribution is -0.376. The molecule has 1 heterocycles. The highest BCUT2D eigenvalue weighted by Crippen LogP contribution is 2.50. The van der Waals surface area contributed by atoms with Crippen molar-refractivity contribution in [2.75, 3.05) is 0 Å². The minimum Gasteiger partial charge on any atom is -0.369 e. The second-order valence-electron chi connectivity index (χ2n) is 8.31. The summed E-state index contributed by atoms with van der Waals surface area (Å²) in [5.41, 5.74) is -6.15. The lowest BCUT2D eigenvalue weighted by Crippen LogP contribution is -2.54. The van der Waals surface area contributed by atoms with Crippen molar-refractivity contribution < 1.29 is 40.6 Å². The molecular weight excluding hydrogens is 479 g/mol. The predicted octanol–water partition coefficient (Wildman–Crippen LogP) is 6.88. The van der Waals surface area contributed by atoms with E-state index in [1.807, 2.05) is 0 Å². The lowest BCUT2D eigenvalue weighted by atomic mass is 9.86. The first-order valence-corrected chi connectivity index (χ1v) is 10.4. The average Bonchev–Trinajstić information content (AvgIpc) is 2.77. The maximum atomic E-state index is 13.6. The molecular formula is C25H20F7NO2. The van der Waals surface area contributed by atoms with Crippen molar-refractivity contribution in [2.45, 2.75) is 44.1 Å². The van der Waals surface area contributed by atoms with Crippen LogP contribution in [0.15, 0.2) is 60.8 Å². The fourth-order valence-electron chi connectivity index (χ4n) is 3.58. The topological polar surface area (TPSA) is 50.2 Å². The number of pyridine rings is 1. The molecule has 3 rings (SSSR count). The number of hydrogen-bond acceptors (Lipinski definition) is 3. The number of ketones is 1. The number of halogens is 7. The number of aliphatic hydroxyl groups is 1. The molecule has 0 spiro atoms. The van der Waals surface area contributed by atoms with Crippen LogP contribution in [0.1, 0.15) is 46.3 Å². The van der Waals surface area contributed by atoms with Crippen molar-refractivity contribution in [2.24, 2.45) is 0 Å². The molecule has 186 valence electrons. The van der Waals surface area contributed by atoms with Crippen LogP contribution >= 0.6 is 0 Å². The van der Waals surface area contributed by atoms with Crippen molar-refractivity contribution in [3.63, 3.8) is 0 Å². The number of hydrogen-bond donors (Lipinski definition) is 1. The van der Waals surface area contributed by atoms with Gasteiger partial charge in [0, 0.05) is 29.3 Å². The van der Waals surface area contributed by atoms with Gasteiger partial charge in [-0.15, -0.1) is 0 Å². The van der Waals surface area contributed by atoms with E-state index < -0.39 is 46.6 Å². The lowest BCUT2D eigenvalue weighted by Gasteiger charge is -2.33. The summed E-state index contributed by atoms with van der Waals surface area (Å²) in [7, 11) is 0. The van der Waals surface area contributed by atoms with Gasteiger partial charge >= 0.3 is 12.4 Å². The molecule has 0 aliphatic heterocycles. The van der Waals surface area contributed by atoms with E-state index in [1.165, 1.54) is 36.5 Å². The number of aryl methyl sites for hydroxylation is 1. The first kappa shape index (κ1) is 26.3. The Morgan fingerprint density at radius 2 is 1.54 bits per heavy atom. The summed E-state index contributed by atoms with van der Waals surface area (Å²) in [4.78, 5) is 17.0. The second kappa shape index (κ2) is 9.41. The molecule has 0 unspecified atom stereocenters. The van der Waals surface area contributed by atoms with Crippen LogP contribution in [0.3, 0.4) is 0 Å². The number of benzene rings is 2. The summed E-state index contributed by atoms with van der Waals surface area (Å²) in [6, 6.07) is 10.2. The van der Waals surface area contributed by atoms with Gasteiger partial charge in [-0.3, -0.25) is 9.78 Å². The van der Waals surface area contributed by atoms with Crippen molar-refractivity contribution in [3.8, 4) is 11.3 Å². The SMILES string of the molecule is Cc1ccc(-c2cc(C(=O)C[C@H](C)c3ccc(F)cc3)cc(C(O)(C(F)(F)F)C(F)(F)F)c2)nc1. The zero-order valence-electron chi connectivity index (χ0n) is 18.5. The van der Waals surface area contributed by atoms with Crippen LogP contribution in [0.25, 0.3) is 11.3 Å². The molecule has 2 aromatic carbocycles. The minimum atomic E-state index is -6.12. The molecule has 1 atom stereocenters. The van der Waals surface area contributed by atoms with Gasteiger partial charge in [0.1, 0.15) is 5.82 Å². The maximum Gasteiger partial charge on any atom is 0.430 e. The Bertz CT molecular complexity index is 1190. The van der Waals surface area contributed by atoms with E-state index in [0.29, 0.717) is 23.3 Å². The van der Waals surface area contributed by atoms with E-state index in [1.54, 1.807) is 19.9 Å². The fourth-order valence-corrected chi connectivity index (χ4v) is 3.58. The first-order valence-electron chi connectivity index (χ1n) is 10.4. The van der Waals surface area contributed by atoms with Gasteiger partial charge in [0.2, 0.25) is 0 Å². The van der Waals surface area contributed by atoms with Gasteiger partial charge in [0.25, 0.3) is 5.60 Å². The summed E-state index contributed by atoms with van der Waals surface area (Å²) < 4.78 is 94.6. The van der Waals surface area contributed by atoms with Crippen LogP contribution < -0.4 is 0 Å². The highest BCUT2D eigenvalue weighted by molar-refractivity contribution is 5.98. The molecule has 0 aliphatic rings. The number of alkyl halides is 6. The molecule has 0 aliphatic carbocycles. The van der Waals surface area contributed by atoms with Crippen molar-refractivity contribution >= 4 is 5.78 Å². The monoisotopic (exact) mass is 499 g/mol. The highest BCUT2D eigenvalue weighted by atomic mass is 19.4. The number of aromatic nitrogens is 1. The Labute approximate surface area is 196 Å². The van der Waals surface area contributed by atoms with E-state index in [-0.39, 0.29) is 17.7 Å². The summed E-state index contributed by atoms with van der Waals surface area (Å²) in [6.07, 6.45) is -11.2. The number of Topliss-reactive ketones (excluding diaryl/α,β-unsaturated/α-hetero) is 1. The minimum absolute atomic E-state index is 0.0183. The van der Waals surface area contributed by atoms with Gasteiger partial charge < -0.3 is 5.11 Å². The Kier molecular flexibility index (Phi) is 7.08. The molecule has 10 heteroatoms. The molecule has 0 amide bonds. The van der Waals surface area contributed by atoms with E-state index in [9.17, 15) is 40.6 Å². The average molecular weight is 499 g/mol. The number of nitrogens with zero attached hydrogens (tertiary/aromatic N) is 1. The third kappa shape index (κ3) is 5.37. The molecule has 0 saturated carbocycles.